The van der Waals surface area contributed by atoms with Crippen LogP contribution in [0.25, 0.3) is 32.7 Å². The third-order valence-corrected chi connectivity index (χ3v) is 7.04. The van der Waals surface area contributed by atoms with Crippen molar-refractivity contribution in [2.45, 2.75) is 18.9 Å². The number of nitrogens with zero attached hydrogens (tertiary/aromatic N) is 5. The molecule has 0 unspecified atom stereocenters. The summed E-state index contributed by atoms with van der Waals surface area (Å²) in [5, 5.41) is 14.2. The molecule has 2 N–H and O–H groups in total. The van der Waals surface area contributed by atoms with Crippen LogP contribution in [0.15, 0.2) is 66.4 Å². The van der Waals surface area contributed by atoms with Gasteiger partial charge in [-0.2, -0.15) is 5.10 Å². The molecule has 35 heavy (non-hydrogen) atoms. The highest BCUT2D eigenvalue weighted by Crippen LogP contribution is 2.36. The van der Waals surface area contributed by atoms with Gasteiger partial charge in [-0.1, -0.05) is 12.1 Å². The number of hydrogen-bond donors (Lipinski definition) is 2. The molecular formula is C26H25N7OS. The molecule has 3 aromatic heterocycles. The molecule has 1 saturated heterocycles. The number of hydrogen-bond acceptors (Lipinski definition) is 8. The second-order valence-corrected chi connectivity index (χ2v) is 9.63. The second kappa shape index (κ2) is 9.44. The van der Waals surface area contributed by atoms with E-state index >= 15 is 0 Å². The Morgan fingerprint density at radius 3 is 2.80 bits per heavy atom. The van der Waals surface area contributed by atoms with Crippen LogP contribution < -0.4 is 10.1 Å². The number of piperidine rings is 1. The van der Waals surface area contributed by atoms with Crippen molar-refractivity contribution in [2.24, 2.45) is 0 Å². The first-order chi connectivity index (χ1) is 17.2. The second-order valence-electron chi connectivity index (χ2n) is 8.73. The number of fused-ring (bicyclic) bond motifs is 1. The van der Waals surface area contributed by atoms with Crippen molar-refractivity contribution >= 4 is 33.9 Å². The van der Waals surface area contributed by atoms with Gasteiger partial charge in [0.25, 0.3) is 0 Å². The molecular weight excluding hydrogens is 458 g/mol. The first kappa shape index (κ1) is 21.7. The Balaban J connectivity index is 1.32. The molecule has 0 saturated carbocycles. The Morgan fingerprint density at radius 2 is 2.00 bits per heavy atom. The van der Waals surface area contributed by atoms with Crippen molar-refractivity contribution < 1.29 is 4.74 Å². The standard InChI is InChI=1S/C26H25N7OS/c1-33-10-6-20(7-11-33)34-24-15-23-18(14-21(24)25-27-9-12-35-25)16-28-26(31-23)30-19-4-2-3-17(13-19)22-5-8-29-32-22/h2-5,8-9,12-16,20H,6-7,10-11H2,1H3,(H,29,32)(H,28,30,31). The Bertz CT molecular complexity index is 1430. The molecule has 1 aliphatic rings. The molecule has 0 bridgehead atoms. The molecule has 9 heteroatoms. The van der Waals surface area contributed by atoms with Crippen LogP contribution in [0, 0.1) is 0 Å². The molecule has 0 atom stereocenters. The van der Waals surface area contributed by atoms with Gasteiger partial charge in [-0.25, -0.2) is 15.0 Å². The fraction of sp³-hybridized carbons (Fsp3) is 0.231. The predicted molar refractivity (Wildman–Crippen MR) is 139 cm³/mol. The number of ether oxygens (including phenoxy) is 1. The first-order valence-electron chi connectivity index (χ1n) is 11.6. The first-order valence-corrected chi connectivity index (χ1v) is 12.5. The number of H-pyrrole nitrogens is 1. The van der Waals surface area contributed by atoms with E-state index in [1.54, 1.807) is 17.5 Å². The molecule has 5 aromatic rings. The molecule has 4 heterocycles. The summed E-state index contributed by atoms with van der Waals surface area (Å²) in [4.78, 5) is 16.2. The maximum Gasteiger partial charge on any atom is 0.227 e. The number of nitrogens with one attached hydrogen (secondary N) is 2. The van der Waals surface area contributed by atoms with Gasteiger partial charge < -0.3 is 15.0 Å². The lowest BCUT2D eigenvalue weighted by Crippen LogP contribution is -2.35. The van der Waals surface area contributed by atoms with Crippen LogP contribution in [-0.4, -0.2) is 56.3 Å². The smallest absolute Gasteiger partial charge is 0.227 e. The monoisotopic (exact) mass is 483 g/mol. The van der Waals surface area contributed by atoms with Crippen molar-refractivity contribution in [1.29, 1.82) is 0 Å². The van der Waals surface area contributed by atoms with Crippen molar-refractivity contribution in [3.8, 4) is 27.6 Å². The van der Waals surface area contributed by atoms with E-state index in [0.717, 1.165) is 70.1 Å². The van der Waals surface area contributed by atoms with Crippen LogP contribution >= 0.6 is 11.3 Å². The van der Waals surface area contributed by atoms with E-state index in [4.69, 9.17) is 9.72 Å². The van der Waals surface area contributed by atoms with Crippen LogP contribution in [0.1, 0.15) is 12.8 Å². The van der Waals surface area contributed by atoms with E-state index in [2.05, 4.69) is 43.5 Å². The predicted octanol–water partition coefficient (Wildman–Crippen LogP) is 5.36. The van der Waals surface area contributed by atoms with Gasteiger partial charge in [-0.15, -0.1) is 11.3 Å². The van der Waals surface area contributed by atoms with Crippen LogP contribution in [-0.2, 0) is 0 Å². The lowest BCUT2D eigenvalue weighted by Gasteiger charge is -2.29. The number of anilines is 2. The summed E-state index contributed by atoms with van der Waals surface area (Å²) < 4.78 is 6.53. The molecule has 0 spiro atoms. The highest BCUT2D eigenvalue weighted by Gasteiger charge is 2.21. The van der Waals surface area contributed by atoms with E-state index in [0.29, 0.717) is 5.95 Å². The topological polar surface area (TPSA) is 91.8 Å². The van der Waals surface area contributed by atoms with Gasteiger partial charge in [0.2, 0.25) is 5.95 Å². The summed E-state index contributed by atoms with van der Waals surface area (Å²) >= 11 is 1.61. The molecule has 176 valence electrons. The number of rotatable bonds is 6. The molecule has 6 rings (SSSR count). The van der Waals surface area contributed by atoms with Crippen molar-refractivity contribution in [3.05, 3.63) is 66.4 Å². The molecule has 1 aliphatic heterocycles. The minimum absolute atomic E-state index is 0.187. The maximum absolute atomic E-state index is 6.53. The Labute approximate surface area is 207 Å². The summed E-state index contributed by atoms with van der Waals surface area (Å²) in [6, 6.07) is 14.1. The largest absolute Gasteiger partial charge is 0.490 e. The summed E-state index contributed by atoms with van der Waals surface area (Å²) in [5.41, 5.74) is 4.71. The van der Waals surface area contributed by atoms with E-state index in [1.807, 2.05) is 54.2 Å². The van der Waals surface area contributed by atoms with Gasteiger partial charge in [-0.3, -0.25) is 5.10 Å². The highest BCUT2D eigenvalue weighted by molar-refractivity contribution is 7.13. The van der Waals surface area contributed by atoms with Crippen molar-refractivity contribution in [2.75, 3.05) is 25.5 Å². The van der Waals surface area contributed by atoms with Gasteiger partial charge in [-0.05, 0) is 44.2 Å². The Hall–Kier alpha value is -3.82. The van der Waals surface area contributed by atoms with Crippen molar-refractivity contribution in [1.82, 2.24) is 30.0 Å². The number of thiazole rings is 1. The Morgan fingerprint density at radius 1 is 1.09 bits per heavy atom. The van der Waals surface area contributed by atoms with Gasteiger partial charge in [0.1, 0.15) is 16.9 Å². The normalized spacial score (nSPS) is 14.9. The summed E-state index contributed by atoms with van der Waals surface area (Å²) in [5.74, 6) is 1.36. The Kier molecular flexibility index (Phi) is 5.85. The fourth-order valence-electron chi connectivity index (χ4n) is 4.33. The quantitative estimate of drug-likeness (QED) is 0.336. The van der Waals surface area contributed by atoms with Gasteiger partial charge >= 0.3 is 0 Å². The van der Waals surface area contributed by atoms with E-state index < -0.39 is 0 Å². The molecule has 0 aliphatic carbocycles. The maximum atomic E-state index is 6.53. The van der Waals surface area contributed by atoms with Gasteiger partial charge in [0.15, 0.2) is 0 Å². The number of benzene rings is 2. The van der Waals surface area contributed by atoms with E-state index in [1.165, 1.54) is 0 Å². The minimum Gasteiger partial charge on any atom is -0.490 e. The summed E-state index contributed by atoms with van der Waals surface area (Å²) in [7, 11) is 2.16. The average Bonchev–Trinajstić information content (AvgIpc) is 3.60. The third-order valence-electron chi connectivity index (χ3n) is 6.23. The van der Waals surface area contributed by atoms with E-state index in [9.17, 15) is 0 Å². The lowest BCUT2D eigenvalue weighted by molar-refractivity contribution is 0.115. The zero-order valence-corrected chi connectivity index (χ0v) is 20.1. The third kappa shape index (κ3) is 4.73. The summed E-state index contributed by atoms with van der Waals surface area (Å²) in [6.07, 6.45) is 7.62. The molecule has 2 aromatic carbocycles. The zero-order valence-electron chi connectivity index (χ0n) is 19.3. The van der Waals surface area contributed by atoms with E-state index in [-0.39, 0.29) is 6.10 Å². The average molecular weight is 484 g/mol. The van der Waals surface area contributed by atoms with Crippen LogP contribution in [0.3, 0.4) is 0 Å². The van der Waals surface area contributed by atoms with Gasteiger partial charge in [0.05, 0.1) is 16.8 Å². The fourth-order valence-corrected chi connectivity index (χ4v) is 4.99. The number of aromatic amines is 1. The van der Waals surface area contributed by atoms with Crippen molar-refractivity contribution in [3.63, 3.8) is 0 Å². The minimum atomic E-state index is 0.187. The molecule has 0 radical (unpaired) electrons. The molecule has 1 fully saturated rings. The van der Waals surface area contributed by atoms with Crippen LogP contribution in [0.5, 0.6) is 5.75 Å². The number of aromatic nitrogens is 5. The SMILES string of the molecule is CN1CCC(Oc2cc3nc(Nc4cccc(-c5ccn[nH]5)c4)ncc3cc2-c2nccs2)CC1. The lowest BCUT2D eigenvalue weighted by atomic mass is 10.1. The highest BCUT2D eigenvalue weighted by atomic mass is 32.1. The number of likely N-dealkylation sites (tertiary alicyclic amines) is 1. The van der Waals surface area contributed by atoms with Crippen LogP contribution in [0.2, 0.25) is 0 Å². The van der Waals surface area contributed by atoms with Crippen LogP contribution in [0.4, 0.5) is 11.6 Å². The molecule has 0 amide bonds. The zero-order chi connectivity index (χ0) is 23.6. The summed E-state index contributed by atoms with van der Waals surface area (Å²) in [6.45, 7) is 2.08. The molecule has 8 nitrogen and oxygen atoms in total. The van der Waals surface area contributed by atoms with Gasteiger partial charge in [0, 0.05) is 59.8 Å².